The van der Waals surface area contributed by atoms with Crippen molar-refractivity contribution in [2.75, 3.05) is 5.32 Å². The van der Waals surface area contributed by atoms with E-state index in [1.54, 1.807) is 0 Å². The summed E-state index contributed by atoms with van der Waals surface area (Å²) in [4.78, 5) is 21.1. The van der Waals surface area contributed by atoms with Crippen LogP contribution in [-0.2, 0) is 20.9 Å². The van der Waals surface area contributed by atoms with Crippen LogP contribution in [0.25, 0.3) is 0 Å². The number of esters is 1. The summed E-state index contributed by atoms with van der Waals surface area (Å²) in [6, 6.07) is 4.45. The fourth-order valence-electron chi connectivity index (χ4n) is 1.17. The molecule has 0 atom stereocenters. The molecular weight excluding hydrogens is 308 g/mol. The van der Waals surface area contributed by atoms with Gasteiger partial charge in [-0.15, -0.1) is 0 Å². The van der Waals surface area contributed by atoms with E-state index in [1.165, 1.54) is 17.4 Å². The second kappa shape index (κ2) is 6.02. The molecule has 21 heavy (non-hydrogen) atoms. The summed E-state index contributed by atoms with van der Waals surface area (Å²) >= 11 is 0. The first kappa shape index (κ1) is 16.8. The van der Waals surface area contributed by atoms with Crippen molar-refractivity contribution in [3.63, 3.8) is 0 Å². The number of ether oxygens (including phenoxy) is 1. The number of hydrogen-bond donors (Lipinski definition) is 1. The molecule has 0 aliphatic heterocycles. The van der Waals surface area contributed by atoms with Crippen LogP contribution >= 0.6 is 0 Å². The van der Waals surface area contributed by atoms with Crippen LogP contribution in [0, 0.1) is 0 Å². The number of carbonyl (C=O) groups excluding carboxylic acids is 2. The molecule has 0 saturated carbocycles. The van der Waals surface area contributed by atoms with Crippen molar-refractivity contribution < 1.29 is 40.7 Å². The van der Waals surface area contributed by atoms with Gasteiger partial charge in [-0.3, -0.25) is 4.79 Å². The first-order valence-corrected chi connectivity index (χ1v) is 5.21. The molecule has 1 aromatic carbocycles. The zero-order valence-corrected chi connectivity index (χ0v) is 10.0. The quantitative estimate of drug-likeness (QED) is 0.689. The third-order valence-corrected chi connectivity index (χ3v) is 2.04. The van der Waals surface area contributed by atoms with Gasteiger partial charge in [0.05, 0.1) is 0 Å². The Hall–Kier alpha value is -2.26. The lowest BCUT2D eigenvalue weighted by atomic mass is 10.2. The summed E-state index contributed by atoms with van der Waals surface area (Å²) in [6.07, 6.45) is -10.3. The van der Waals surface area contributed by atoms with Gasteiger partial charge in [0.2, 0.25) is 0 Å². The van der Waals surface area contributed by atoms with Crippen LogP contribution in [0.15, 0.2) is 24.3 Å². The maximum atomic E-state index is 12.0. The van der Waals surface area contributed by atoms with E-state index in [-0.39, 0.29) is 11.3 Å². The van der Waals surface area contributed by atoms with Crippen LogP contribution in [-0.4, -0.2) is 24.2 Å². The molecule has 1 aromatic rings. The minimum absolute atomic E-state index is 0.0208. The second-order valence-corrected chi connectivity index (χ2v) is 3.73. The fourth-order valence-corrected chi connectivity index (χ4v) is 1.17. The molecule has 0 radical (unpaired) electrons. The Kier molecular flexibility index (Phi) is 4.81. The highest BCUT2D eigenvalue weighted by Gasteiger charge is 2.41. The molecule has 0 aliphatic carbocycles. The Balaban J connectivity index is 2.69. The average molecular weight is 315 g/mol. The lowest BCUT2D eigenvalue weighted by Gasteiger charge is -2.10. The summed E-state index contributed by atoms with van der Waals surface area (Å²) in [5.41, 5.74) is -0.314. The van der Waals surface area contributed by atoms with Crippen molar-refractivity contribution in [3.05, 3.63) is 29.8 Å². The van der Waals surface area contributed by atoms with Crippen molar-refractivity contribution in [1.29, 1.82) is 0 Å². The number of nitrogens with one attached hydrogen (secondary N) is 1. The molecule has 1 rings (SSSR count). The zero-order chi connectivity index (χ0) is 16.3. The van der Waals surface area contributed by atoms with Crippen LogP contribution in [0.5, 0.6) is 0 Å². The number of halogens is 6. The van der Waals surface area contributed by atoms with Gasteiger partial charge in [-0.05, 0) is 17.7 Å². The van der Waals surface area contributed by atoms with E-state index < -0.39 is 30.8 Å². The first-order chi connectivity index (χ1) is 9.50. The van der Waals surface area contributed by atoms with E-state index >= 15 is 0 Å². The minimum atomic E-state index is -5.16. The first-order valence-electron chi connectivity index (χ1n) is 5.21. The molecule has 0 fully saturated rings. The van der Waals surface area contributed by atoms with Crippen LogP contribution in [0.1, 0.15) is 5.56 Å². The van der Waals surface area contributed by atoms with Crippen molar-refractivity contribution in [2.24, 2.45) is 0 Å². The smallest absolute Gasteiger partial charge is 0.454 e. The number of carbonyl (C=O) groups is 2. The summed E-state index contributed by atoms with van der Waals surface area (Å²) < 4.78 is 75.6. The standard InChI is InChI=1S/C11H7F6NO3/c12-10(13,14)8(19)18-7-3-1-2-6(4-7)5-21-9(20)11(15,16)17/h1-4H,5H2,(H,18,19). The number of rotatable bonds is 3. The maximum absolute atomic E-state index is 12.0. The van der Waals surface area contributed by atoms with Gasteiger partial charge in [0.15, 0.2) is 0 Å². The molecule has 116 valence electrons. The predicted molar refractivity (Wildman–Crippen MR) is 57.0 cm³/mol. The summed E-state index contributed by atoms with van der Waals surface area (Å²) in [5.74, 6) is -4.65. The number of benzene rings is 1. The van der Waals surface area contributed by atoms with E-state index in [2.05, 4.69) is 4.74 Å². The lowest BCUT2D eigenvalue weighted by molar-refractivity contribution is -0.201. The third-order valence-electron chi connectivity index (χ3n) is 2.04. The molecule has 0 aromatic heterocycles. The van der Waals surface area contributed by atoms with Crippen LogP contribution in [0.3, 0.4) is 0 Å². The van der Waals surface area contributed by atoms with E-state index in [9.17, 15) is 35.9 Å². The van der Waals surface area contributed by atoms with Crippen LogP contribution in [0.2, 0.25) is 0 Å². The van der Waals surface area contributed by atoms with Gasteiger partial charge in [-0.2, -0.15) is 26.3 Å². The molecule has 4 nitrogen and oxygen atoms in total. The number of amides is 1. The molecule has 1 amide bonds. The lowest BCUT2D eigenvalue weighted by Crippen LogP contribution is -2.30. The summed E-state index contributed by atoms with van der Waals surface area (Å²) in [7, 11) is 0. The van der Waals surface area contributed by atoms with Gasteiger partial charge in [0.25, 0.3) is 0 Å². The SMILES string of the molecule is O=C(Nc1cccc(COC(=O)C(F)(F)F)c1)C(F)(F)F. The van der Waals surface area contributed by atoms with Crippen molar-refractivity contribution >= 4 is 17.6 Å². The molecular formula is C11H7F6NO3. The Morgan fingerprint density at radius 1 is 1.05 bits per heavy atom. The predicted octanol–water partition coefficient (Wildman–Crippen LogP) is 2.79. The van der Waals surface area contributed by atoms with E-state index in [4.69, 9.17) is 0 Å². The van der Waals surface area contributed by atoms with E-state index in [0.717, 1.165) is 12.1 Å². The van der Waals surface area contributed by atoms with Crippen LogP contribution in [0.4, 0.5) is 32.0 Å². The van der Waals surface area contributed by atoms with Gasteiger partial charge in [0, 0.05) is 5.69 Å². The number of hydrogen-bond acceptors (Lipinski definition) is 3. The normalized spacial score (nSPS) is 11.9. The molecule has 0 unspecified atom stereocenters. The molecule has 1 N–H and O–H groups in total. The molecule has 0 spiro atoms. The van der Waals surface area contributed by atoms with E-state index in [1.807, 2.05) is 0 Å². The Morgan fingerprint density at radius 3 is 2.19 bits per heavy atom. The second-order valence-electron chi connectivity index (χ2n) is 3.73. The molecule has 0 bridgehead atoms. The minimum Gasteiger partial charge on any atom is -0.454 e. The fraction of sp³-hybridized carbons (Fsp3) is 0.273. The largest absolute Gasteiger partial charge is 0.490 e. The summed E-state index contributed by atoms with van der Waals surface area (Å²) in [5, 5.41) is 1.51. The van der Waals surface area contributed by atoms with Gasteiger partial charge < -0.3 is 10.1 Å². The van der Waals surface area contributed by atoms with Gasteiger partial charge in [-0.25, -0.2) is 4.79 Å². The molecule has 0 saturated heterocycles. The highest BCUT2D eigenvalue weighted by molar-refractivity contribution is 5.94. The highest BCUT2D eigenvalue weighted by Crippen LogP contribution is 2.20. The maximum Gasteiger partial charge on any atom is 0.490 e. The Labute approximate surface area is 113 Å². The number of alkyl halides is 6. The number of anilines is 1. The van der Waals surface area contributed by atoms with Crippen molar-refractivity contribution in [3.8, 4) is 0 Å². The van der Waals surface area contributed by atoms with Gasteiger partial charge in [-0.1, -0.05) is 12.1 Å². The van der Waals surface area contributed by atoms with Crippen molar-refractivity contribution in [1.82, 2.24) is 0 Å². The topological polar surface area (TPSA) is 55.4 Å². The van der Waals surface area contributed by atoms with Crippen LogP contribution < -0.4 is 5.32 Å². The zero-order valence-electron chi connectivity index (χ0n) is 10.0. The highest BCUT2D eigenvalue weighted by atomic mass is 19.4. The molecule has 0 heterocycles. The average Bonchev–Trinajstić information content (AvgIpc) is 2.34. The molecule has 10 heteroatoms. The monoisotopic (exact) mass is 315 g/mol. The van der Waals surface area contributed by atoms with Crippen molar-refractivity contribution in [2.45, 2.75) is 19.0 Å². The third kappa shape index (κ3) is 5.32. The summed E-state index contributed by atoms with van der Waals surface area (Å²) in [6.45, 7) is -0.798. The van der Waals surface area contributed by atoms with Gasteiger partial charge >= 0.3 is 24.2 Å². The Bertz CT molecular complexity index is 537. The van der Waals surface area contributed by atoms with E-state index in [0.29, 0.717) is 0 Å². The molecule has 0 aliphatic rings. The Morgan fingerprint density at radius 2 is 1.67 bits per heavy atom. The van der Waals surface area contributed by atoms with Gasteiger partial charge in [0.1, 0.15) is 6.61 Å².